The van der Waals surface area contributed by atoms with Gasteiger partial charge in [0.1, 0.15) is 17.1 Å². The molecule has 0 radical (unpaired) electrons. The summed E-state index contributed by atoms with van der Waals surface area (Å²) in [5, 5.41) is 0.711. The third-order valence-electron chi connectivity index (χ3n) is 3.98. The normalized spacial score (nSPS) is 11.1. The molecule has 2 nitrogen and oxygen atoms in total. The molecule has 118 valence electrons. The van der Waals surface area contributed by atoms with Gasteiger partial charge in [0.2, 0.25) is 0 Å². The Hall–Kier alpha value is -2.42. The number of fused-ring (bicyclic) bond motifs is 1. The Kier molecular flexibility index (Phi) is 4.56. The van der Waals surface area contributed by atoms with E-state index in [9.17, 15) is 4.39 Å². The Morgan fingerprint density at radius 2 is 1.83 bits per heavy atom. The number of aromatic nitrogens is 1. The molecule has 0 N–H and O–H groups in total. The fourth-order valence-electron chi connectivity index (χ4n) is 2.59. The third kappa shape index (κ3) is 3.50. The molecular weight excluding hydrogens is 289 g/mol. The van der Waals surface area contributed by atoms with E-state index in [4.69, 9.17) is 4.74 Å². The smallest absolute Gasteiger partial charge is 0.149 e. The van der Waals surface area contributed by atoms with Crippen LogP contribution in [0.25, 0.3) is 10.9 Å². The molecule has 1 heterocycles. The van der Waals surface area contributed by atoms with E-state index in [-0.39, 0.29) is 5.82 Å². The molecule has 0 amide bonds. The van der Waals surface area contributed by atoms with Crippen molar-refractivity contribution >= 4 is 10.9 Å². The standard InChI is InChI=1S/C20H20FNO/c1-14(2)16-8-6-15(7-9-16)11-13-23-19-10-12-22-20-17(19)4-3-5-18(20)21/h3-10,12,14H,11,13H2,1-2H3. The van der Waals surface area contributed by atoms with Crippen LogP contribution in [-0.4, -0.2) is 11.6 Å². The number of hydrogen-bond donors (Lipinski definition) is 0. The van der Waals surface area contributed by atoms with Gasteiger partial charge >= 0.3 is 0 Å². The number of pyridine rings is 1. The van der Waals surface area contributed by atoms with Gasteiger partial charge in [-0.25, -0.2) is 4.39 Å². The summed E-state index contributed by atoms with van der Waals surface area (Å²) >= 11 is 0. The molecule has 23 heavy (non-hydrogen) atoms. The Bertz CT molecular complexity index is 796. The number of hydrogen-bond acceptors (Lipinski definition) is 2. The number of rotatable bonds is 5. The van der Waals surface area contributed by atoms with Crippen LogP contribution in [0.1, 0.15) is 30.9 Å². The maximum atomic E-state index is 13.7. The molecule has 0 unspecified atom stereocenters. The molecule has 3 aromatic rings. The van der Waals surface area contributed by atoms with Gasteiger partial charge in [0.15, 0.2) is 0 Å². The second kappa shape index (κ2) is 6.78. The Balaban J connectivity index is 1.68. The van der Waals surface area contributed by atoms with Crippen LogP contribution in [0.5, 0.6) is 5.75 Å². The van der Waals surface area contributed by atoms with E-state index >= 15 is 0 Å². The highest BCUT2D eigenvalue weighted by Crippen LogP contribution is 2.25. The molecule has 1 aromatic heterocycles. The zero-order valence-electron chi connectivity index (χ0n) is 13.4. The summed E-state index contributed by atoms with van der Waals surface area (Å²) in [6.07, 6.45) is 2.40. The van der Waals surface area contributed by atoms with E-state index in [1.807, 2.05) is 6.07 Å². The minimum Gasteiger partial charge on any atom is -0.492 e. The van der Waals surface area contributed by atoms with E-state index in [0.29, 0.717) is 29.2 Å². The third-order valence-corrected chi connectivity index (χ3v) is 3.98. The van der Waals surface area contributed by atoms with Crippen molar-refractivity contribution in [3.05, 3.63) is 71.7 Å². The maximum Gasteiger partial charge on any atom is 0.149 e. The molecule has 0 saturated heterocycles. The van der Waals surface area contributed by atoms with Gasteiger partial charge < -0.3 is 4.74 Å². The number of benzene rings is 2. The van der Waals surface area contributed by atoms with Crippen LogP contribution in [0, 0.1) is 5.82 Å². The second-order valence-electron chi connectivity index (χ2n) is 5.94. The van der Waals surface area contributed by atoms with Crippen molar-refractivity contribution in [1.29, 1.82) is 0 Å². The average molecular weight is 309 g/mol. The van der Waals surface area contributed by atoms with E-state index in [0.717, 1.165) is 6.42 Å². The zero-order valence-corrected chi connectivity index (χ0v) is 13.4. The van der Waals surface area contributed by atoms with Crippen molar-refractivity contribution in [2.45, 2.75) is 26.2 Å². The first kappa shape index (κ1) is 15.5. The van der Waals surface area contributed by atoms with Gasteiger partial charge in [-0.1, -0.05) is 44.2 Å². The topological polar surface area (TPSA) is 22.1 Å². The Morgan fingerprint density at radius 3 is 2.57 bits per heavy atom. The van der Waals surface area contributed by atoms with E-state index in [2.05, 4.69) is 43.1 Å². The zero-order chi connectivity index (χ0) is 16.2. The van der Waals surface area contributed by atoms with E-state index in [1.165, 1.54) is 17.2 Å². The lowest BCUT2D eigenvalue weighted by atomic mass is 10.0. The molecule has 0 aliphatic heterocycles. The van der Waals surface area contributed by atoms with Crippen LogP contribution in [0.2, 0.25) is 0 Å². The van der Waals surface area contributed by atoms with Crippen molar-refractivity contribution in [1.82, 2.24) is 4.98 Å². The summed E-state index contributed by atoms with van der Waals surface area (Å²) in [7, 11) is 0. The Labute approximate surface area is 135 Å². The highest BCUT2D eigenvalue weighted by molar-refractivity contribution is 5.85. The lowest BCUT2D eigenvalue weighted by molar-refractivity contribution is 0.325. The van der Waals surface area contributed by atoms with Gasteiger partial charge in [0.25, 0.3) is 0 Å². The van der Waals surface area contributed by atoms with Crippen molar-refractivity contribution in [3.8, 4) is 5.75 Å². The number of nitrogens with zero attached hydrogens (tertiary/aromatic N) is 1. The SMILES string of the molecule is CC(C)c1ccc(CCOc2ccnc3c(F)cccc23)cc1. The van der Waals surface area contributed by atoms with Gasteiger partial charge in [-0.2, -0.15) is 0 Å². The Morgan fingerprint density at radius 1 is 1.04 bits per heavy atom. The van der Waals surface area contributed by atoms with E-state index < -0.39 is 0 Å². The quantitative estimate of drug-likeness (QED) is 0.652. The van der Waals surface area contributed by atoms with E-state index in [1.54, 1.807) is 18.3 Å². The fourth-order valence-corrected chi connectivity index (χ4v) is 2.59. The van der Waals surface area contributed by atoms with Gasteiger partial charge in [-0.3, -0.25) is 4.98 Å². The van der Waals surface area contributed by atoms with Crippen LogP contribution in [-0.2, 0) is 6.42 Å². The van der Waals surface area contributed by atoms with Crippen LogP contribution in [0.3, 0.4) is 0 Å². The first-order valence-electron chi connectivity index (χ1n) is 7.90. The summed E-state index contributed by atoms with van der Waals surface area (Å²) in [5.74, 6) is 0.893. The molecule has 0 bridgehead atoms. The van der Waals surface area contributed by atoms with Crippen molar-refractivity contribution < 1.29 is 9.13 Å². The van der Waals surface area contributed by atoms with Crippen molar-refractivity contribution in [3.63, 3.8) is 0 Å². The average Bonchev–Trinajstić information content (AvgIpc) is 2.56. The predicted octanol–water partition coefficient (Wildman–Crippen LogP) is 5.12. The van der Waals surface area contributed by atoms with Crippen LogP contribution in [0.4, 0.5) is 4.39 Å². The van der Waals surface area contributed by atoms with Gasteiger partial charge in [0, 0.05) is 18.0 Å². The summed E-state index contributed by atoms with van der Waals surface area (Å²) in [4.78, 5) is 4.08. The maximum absolute atomic E-state index is 13.7. The predicted molar refractivity (Wildman–Crippen MR) is 91.4 cm³/mol. The lowest BCUT2D eigenvalue weighted by Gasteiger charge is -2.10. The minimum atomic E-state index is -0.322. The van der Waals surface area contributed by atoms with Crippen molar-refractivity contribution in [2.75, 3.05) is 6.61 Å². The summed E-state index contributed by atoms with van der Waals surface area (Å²) < 4.78 is 19.6. The van der Waals surface area contributed by atoms with Crippen LogP contribution >= 0.6 is 0 Å². The largest absolute Gasteiger partial charge is 0.492 e. The molecule has 3 rings (SSSR count). The van der Waals surface area contributed by atoms with Crippen LogP contribution < -0.4 is 4.74 Å². The monoisotopic (exact) mass is 309 g/mol. The summed E-state index contributed by atoms with van der Waals surface area (Å²) in [6, 6.07) is 15.3. The molecule has 0 saturated carbocycles. The molecular formula is C20H20FNO. The van der Waals surface area contributed by atoms with Gasteiger partial charge in [0.05, 0.1) is 6.61 Å². The summed E-state index contributed by atoms with van der Waals surface area (Å²) in [5.41, 5.74) is 2.93. The second-order valence-corrected chi connectivity index (χ2v) is 5.94. The fraction of sp³-hybridized carbons (Fsp3) is 0.250. The number of ether oxygens (including phenoxy) is 1. The molecule has 0 aliphatic rings. The van der Waals surface area contributed by atoms with Gasteiger partial charge in [-0.15, -0.1) is 0 Å². The molecule has 0 aliphatic carbocycles. The summed E-state index contributed by atoms with van der Waals surface area (Å²) in [6.45, 7) is 4.92. The molecule has 0 atom stereocenters. The number of halogens is 1. The lowest BCUT2D eigenvalue weighted by Crippen LogP contribution is -2.02. The first-order chi connectivity index (χ1) is 11.1. The highest BCUT2D eigenvalue weighted by Gasteiger charge is 2.07. The molecule has 0 fully saturated rings. The number of para-hydroxylation sites is 1. The minimum absolute atomic E-state index is 0.322. The molecule has 0 spiro atoms. The van der Waals surface area contributed by atoms with Crippen molar-refractivity contribution in [2.24, 2.45) is 0 Å². The van der Waals surface area contributed by atoms with Gasteiger partial charge in [-0.05, 0) is 35.2 Å². The highest BCUT2D eigenvalue weighted by atomic mass is 19.1. The molecule has 3 heteroatoms. The van der Waals surface area contributed by atoms with Crippen LogP contribution in [0.15, 0.2) is 54.7 Å². The molecule has 2 aromatic carbocycles. The first-order valence-corrected chi connectivity index (χ1v) is 7.90.